The molecule has 0 N–H and O–H groups in total. The van der Waals surface area contributed by atoms with Crippen molar-refractivity contribution < 1.29 is 14.3 Å². The standard InChI is InChI=1S/C27H46O3/c1-3-4-5-6-7-8-9-10-11-12-13-14-15-16-17-18-19-20-21-23-27(29)24-22-25-30-26(2)28/h10-11,21-24H,3-9,12-20,25H2,1-2H3. The first-order valence-corrected chi connectivity index (χ1v) is 12.3. The van der Waals surface area contributed by atoms with Crippen LogP contribution >= 0.6 is 0 Å². The minimum atomic E-state index is -0.335. The van der Waals surface area contributed by atoms with Gasteiger partial charge in [0.2, 0.25) is 0 Å². The van der Waals surface area contributed by atoms with E-state index < -0.39 is 0 Å². The van der Waals surface area contributed by atoms with E-state index in [9.17, 15) is 9.59 Å². The molecule has 3 heteroatoms. The van der Waals surface area contributed by atoms with Crippen molar-refractivity contribution in [2.45, 2.75) is 117 Å². The summed E-state index contributed by atoms with van der Waals surface area (Å²) in [7, 11) is 0. The number of hydrogen-bond acceptors (Lipinski definition) is 3. The monoisotopic (exact) mass is 418 g/mol. The fourth-order valence-electron chi connectivity index (χ4n) is 3.27. The number of rotatable bonds is 21. The molecule has 0 aromatic rings. The Balaban J connectivity index is 3.31. The van der Waals surface area contributed by atoms with E-state index in [1.165, 1.54) is 103 Å². The second-order valence-corrected chi connectivity index (χ2v) is 8.09. The van der Waals surface area contributed by atoms with Crippen molar-refractivity contribution in [3.05, 3.63) is 36.5 Å². The maximum Gasteiger partial charge on any atom is 0.302 e. The molecule has 0 saturated carbocycles. The van der Waals surface area contributed by atoms with Crippen LogP contribution in [0, 0.1) is 0 Å². The quantitative estimate of drug-likeness (QED) is 0.0819. The van der Waals surface area contributed by atoms with Gasteiger partial charge in [0.25, 0.3) is 0 Å². The molecule has 0 atom stereocenters. The highest BCUT2D eigenvalue weighted by atomic mass is 16.5. The van der Waals surface area contributed by atoms with E-state index in [2.05, 4.69) is 19.1 Å². The van der Waals surface area contributed by atoms with Gasteiger partial charge >= 0.3 is 5.97 Å². The molecule has 0 heterocycles. The van der Waals surface area contributed by atoms with Crippen molar-refractivity contribution in [3.63, 3.8) is 0 Å². The molecule has 0 fully saturated rings. The lowest BCUT2D eigenvalue weighted by molar-refractivity contribution is -0.139. The number of carbonyl (C=O) groups is 2. The van der Waals surface area contributed by atoms with Crippen LogP contribution in [0.1, 0.15) is 117 Å². The lowest BCUT2D eigenvalue weighted by atomic mass is 10.1. The first kappa shape index (κ1) is 28.4. The Morgan fingerprint density at radius 3 is 1.53 bits per heavy atom. The van der Waals surface area contributed by atoms with Crippen LogP contribution in [-0.2, 0) is 14.3 Å². The molecule has 0 aliphatic rings. The van der Waals surface area contributed by atoms with Crippen LogP contribution in [0.3, 0.4) is 0 Å². The Morgan fingerprint density at radius 2 is 1.03 bits per heavy atom. The fourth-order valence-corrected chi connectivity index (χ4v) is 3.27. The molecule has 0 rings (SSSR count). The van der Waals surface area contributed by atoms with Gasteiger partial charge in [0.1, 0.15) is 6.61 Å². The summed E-state index contributed by atoms with van der Waals surface area (Å²) in [6.07, 6.45) is 32.1. The van der Waals surface area contributed by atoms with Crippen molar-refractivity contribution >= 4 is 11.8 Å². The number of hydrogen-bond donors (Lipinski definition) is 0. The zero-order chi connectivity index (χ0) is 22.1. The van der Waals surface area contributed by atoms with E-state index in [0.717, 1.165) is 12.8 Å². The smallest absolute Gasteiger partial charge is 0.302 e. The summed E-state index contributed by atoms with van der Waals surface area (Å²) < 4.78 is 4.73. The van der Waals surface area contributed by atoms with E-state index in [1.807, 2.05) is 6.08 Å². The Kier molecular flexibility index (Phi) is 22.3. The Hall–Kier alpha value is -1.64. The molecule has 30 heavy (non-hydrogen) atoms. The number of carbonyl (C=O) groups excluding carboxylic acids is 2. The van der Waals surface area contributed by atoms with E-state index in [-0.39, 0.29) is 18.4 Å². The molecule has 3 nitrogen and oxygen atoms in total. The minimum absolute atomic E-state index is 0.0526. The first-order chi connectivity index (χ1) is 14.7. The van der Waals surface area contributed by atoms with Gasteiger partial charge < -0.3 is 4.74 Å². The van der Waals surface area contributed by atoms with Gasteiger partial charge in [0.15, 0.2) is 5.78 Å². The average molecular weight is 419 g/mol. The van der Waals surface area contributed by atoms with Gasteiger partial charge in [-0.1, -0.05) is 89.4 Å². The number of esters is 1. The van der Waals surface area contributed by atoms with Crippen LogP contribution in [0.4, 0.5) is 0 Å². The highest BCUT2D eigenvalue weighted by molar-refractivity contribution is 5.99. The average Bonchev–Trinajstić information content (AvgIpc) is 2.72. The summed E-state index contributed by atoms with van der Waals surface area (Å²) in [6, 6.07) is 0. The molecule has 0 aromatic heterocycles. The van der Waals surface area contributed by atoms with E-state index in [1.54, 1.807) is 12.2 Å². The zero-order valence-corrected chi connectivity index (χ0v) is 19.7. The molecular formula is C27H46O3. The van der Waals surface area contributed by atoms with Crippen LogP contribution in [0.2, 0.25) is 0 Å². The lowest BCUT2D eigenvalue weighted by Crippen LogP contribution is -1.98. The number of unbranched alkanes of at least 4 members (excludes halogenated alkanes) is 14. The van der Waals surface area contributed by atoms with Gasteiger partial charge in [0.05, 0.1) is 0 Å². The number of ketones is 1. The summed E-state index contributed by atoms with van der Waals surface area (Å²) in [4.78, 5) is 22.1. The van der Waals surface area contributed by atoms with E-state index in [4.69, 9.17) is 4.74 Å². The summed E-state index contributed by atoms with van der Waals surface area (Å²) in [5, 5.41) is 0. The third-order valence-electron chi connectivity index (χ3n) is 5.08. The minimum Gasteiger partial charge on any atom is -0.462 e. The maximum absolute atomic E-state index is 11.6. The Morgan fingerprint density at radius 1 is 0.600 bits per heavy atom. The summed E-state index contributed by atoms with van der Waals surface area (Å²) >= 11 is 0. The summed E-state index contributed by atoms with van der Waals surface area (Å²) in [5.41, 5.74) is 0. The molecule has 0 unspecified atom stereocenters. The molecule has 0 aliphatic heterocycles. The second-order valence-electron chi connectivity index (χ2n) is 8.09. The summed E-state index contributed by atoms with van der Waals surface area (Å²) in [6.45, 7) is 3.78. The molecule has 0 aromatic carbocycles. The van der Waals surface area contributed by atoms with Gasteiger partial charge in [-0.3, -0.25) is 9.59 Å². The van der Waals surface area contributed by atoms with Crippen molar-refractivity contribution in [2.75, 3.05) is 6.61 Å². The molecule has 0 amide bonds. The van der Waals surface area contributed by atoms with Crippen LogP contribution in [0.25, 0.3) is 0 Å². The Labute approximate surface area is 186 Å². The summed E-state index contributed by atoms with van der Waals surface area (Å²) in [5.74, 6) is -0.388. The van der Waals surface area contributed by atoms with Crippen LogP contribution in [-0.4, -0.2) is 18.4 Å². The molecular weight excluding hydrogens is 372 g/mol. The molecule has 0 aliphatic carbocycles. The fraction of sp³-hybridized carbons (Fsp3) is 0.704. The molecule has 172 valence electrons. The first-order valence-electron chi connectivity index (χ1n) is 12.3. The Bertz CT molecular complexity index is 488. The van der Waals surface area contributed by atoms with Crippen molar-refractivity contribution in [1.29, 1.82) is 0 Å². The predicted octanol–water partition coefficient (Wildman–Crippen LogP) is 8.05. The molecule has 0 bridgehead atoms. The number of allylic oxidation sites excluding steroid dienone is 5. The lowest BCUT2D eigenvalue weighted by Gasteiger charge is -2.00. The van der Waals surface area contributed by atoms with Gasteiger partial charge in [0, 0.05) is 6.92 Å². The zero-order valence-electron chi connectivity index (χ0n) is 19.7. The molecule has 0 saturated heterocycles. The van der Waals surface area contributed by atoms with E-state index >= 15 is 0 Å². The third-order valence-corrected chi connectivity index (χ3v) is 5.08. The molecule has 0 spiro atoms. The van der Waals surface area contributed by atoms with Crippen LogP contribution < -0.4 is 0 Å². The topological polar surface area (TPSA) is 43.4 Å². The van der Waals surface area contributed by atoms with Gasteiger partial charge in [-0.2, -0.15) is 0 Å². The highest BCUT2D eigenvalue weighted by Crippen LogP contribution is 2.11. The highest BCUT2D eigenvalue weighted by Gasteiger charge is 1.93. The van der Waals surface area contributed by atoms with Gasteiger partial charge in [-0.05, 0) is 56.8 Å². The number of ether oxygens (including phenoxy) is 1. The van der Waals surface area contributed by atoms with Crippen molar-refractivity contribution in [2.24, 2.45) is 0 Å². The van der Waals surface area contributed by atoms with E-state index in [0.29, 0.717) is 0 Å². The van der Waals surface area contributed by atoms with Crippen molar-refractivity contribution in [3.8, 4) is 0 Å². The third kappa shape index (κ3) is 24.4. The SMILES string of the molecule is CCCCCCCCC=CCCCCCCCCCC=CC(=O)C=CCOC(C)=O. The maximum atomic E-state index is 11.6. The molecule has 0 radical (unpaired) electrons. The normalized spacial score (nSPS) is 11.8. The van der Waals surface area contributed by atoms with Gasteiger partial charge in [-0.25, -0.2) is 0 Å². The van der Waals surface area contributed by atoms with Crippen LogP contribution in [0.5, 0.6) is 0 Å². The van der Waals surface area contributed by atoms with Gasteiger partial charge in [-0.15, -0.1) is 0 Å². The van der Waals surface area contributed by atoms with Crippen LogP contribution in [0.15, 0.2) is 36.5 Å². The largest absolute Gasteiger partial charge is 0.462 e. The van der Waals surface area contributed by atoms with Crippen molar-refractivity contribution in [1.82, 2.24) is 0 Å². The predicted molar refractivity (Wildman–Crippen MR) is 129 cm³/mol. The second kappa shape index (κ2) is 23.6.